The van der Waals surface area contributed by atoms with E-state index in [0.717, 1.165) is 26.1 Å². The molecule has 0 unspecified atom stereocenters. The van der Waals surface area contributed by atoms with Gasteiger partial charge in [0.25, 0.3) is 0 Å². The minimum atomic E-state index is 0.0736. The number of methoxy groups -OCH3 is 1. The van der Waals surface area contributed by atoms with Crippen LogP contribution in [-0.2, 0) is 16.0 Å². The predicted octanol–water partition coefficient (Wildman–Crippen LogP) is 2.35. The highest BCUT2D eigenvalue weighted by Gasteiger charge is 2.22. The van der Waals surface area contributed by atoms with Crippen LogP contribution in [0.2, 0.25) is 0 Å². The average molecular weight is 318 g/mol. The van der Waals surface area contributed by atoms with Crippen LogP contribution in [0, 0.1) is 12.8 Å². The van der Waals surface area contributed by atoms with Gasteiger partial charge in [-0.2, -0.15) is 0 Å². The summed E-state index contributed by atoms with van der Waals surface area (Å²) in [5.41, 5.74) is 2.83. The van der Waals surface area contributed by atoms with Gasteiger partial charge in [0, 0.05) is 33.8 Å². The minimum Gasteiger partial charge on any atom is -0.375 e. The first-order valence-corrected chi connectivity index (χ1v) is 8.60. The summed E-state index contributed by atoms with van der Waals surface area (Å²) in [6, 6.07) is 8.64. The van der Waals surface area contributed by atoms with Crippen molar-refractivity contribution in [2.24, 2.45) is 5.92 Å². The van der Waals surface area contributed by atoms with Gasteiger partial charge in [0.05, 0.1) is 0 Å². The van der Waals surface area contributed by atoms with Gasteiger partial charge in [-0.15, -0.1) is 0 Å². The van der Waals surface area contributed by atoms with Crippen LogP contribution in [0.25, 0.3) is 0 Å². The van der Waals surface area contributed by atoms with Crippen molar-refractivity contribution in [1.29, 1.82) is 0 Å². The Hall–Kier alpha value is -1.39. The van der Waals surface area contributed by atoms with E-state index in [2.05, 4.69) is 36.1 Å². The highest BCUT2D eigenvalue weighted by molar-refractivity contribution is 5.77. The fraction of sp³-hybridized carbons (Fsp3) is 0.632. The zero-order chi connectivity index (χ0) is 16.7. The van der Waals surface area contributed by atoms with Crippen molar-refractivity contribution in [3.63, 3.8) is 0 Å². The second kappa shape index (κ2) is 9.04. The summed E-state index contributed by atoms with van der Waals surface area (Å²) in [4.78, 5) is 16.2. The van der Waals surface area contributed by atoms with Crippen LogP contribution in [0.5, 0.6) is 0 Å². The Labute approximate surface area is 140 Å². The zero-order valence-electron chi connectivity index (χ0n) is 14.8. The predicted molar refractivity (Wildman–Crippen MR) is 93.6 cm³/mol. The van der Waals surface area contributed by atoms with Gasteiger partial charge < -0.3 is 14.5 Å². The Bertz CT molecular complexity index is 504. The molecule has 1 saturated heterocycles. The number of ether oxygens (including phenoxy) is 1. The molecule has 1 aliphatic rings. The van der Waals surface area contributed by atoms with Gasteiger partial charge in [-0.3, -0.25) is 4.79 Å². The third-order valence-corrected chi connectivity index (χ3v) is 4.79. The Morgan fingerprint density at radius 1 is 1.39 bits per heavy atom. The number of nitrogens with zero attached hydrogens (tertiary/aromatic N) is 2. The van der Waals surface area contributed by atoms with Crippen molar-refractivity contribution >= 4 is 5.91 Å². The van der Waals surface area contributed by atoms with E-state index >= 15 is 0 Å². The van der Waals surface area contributed by atoms with Gasteiger partial charge in [0.15, 0.2) is 0 Å². The molecule has 1 heterocycles. The van der Waals surface area contributed by atoms with Crippen molar-refractivity contribution in [2.45, 2.75) is 26.2 Å². The van der Waals surface area contributed by atoms with E-state index in [0.29, 0.717) is 5.92 Å². The van der Waals surface area contributed by atoms with E-state index < -0.39 is 0 Å². The van der Waals surface area contributed by atoms with Crippen LogP contribution < -0.4 is 0 Å². The van der Waals surface area contributed by atoms with Crippen LogP contribution in [-0.4, -0.2) is 62.7 Å². The number of likely N-dealkylation sites (N-methyl/N-ethyl adjacent to an activating group) is 1. The Morgan fingerprint density at radius 2 is 2.17 bits per heavy atom. The third kappa shape index (κ3) is 5.63. The number of rotatable bonds is 7. The lowest BCUT2D eigenvalue weighted by molar-refractivity contribution is -0.134. The summed E-state index contributed by atoms with van der Waals surface area (Å²) in [5, 5.41) is 0. The van der Waals surface area contributed by atoms with Gasteiger partial charge in [-0.25, -0.2) is 0 Å². The lowest BCUT2D eigenvalue weighted by Gasteiger charge is -2.34. The molecule has 4 heteroatoms. The zero-order valence-corrected chi connectivity index (χ0v) is 14.8. The number of piperidine rings is 1. The summed E-state index contributed by atoms with van der Waals surface area (Å²) < 4.78 is 4.93. The quantitative estimate of drug-likeness (QED) is 0.774. The second-order valence-electron chi connectivity index (χ2n) is 6.69. The molecule has 1 aromatic carbocycles. The number of carbonyl (C=O) groups excluding carboxylic acids is 1. The number of hydrogen-bond acceptors (Lipinski definition) is 3. The summed E-state index contributed by atoms with van der Waals surface area (Å²) in [7, 11) is 3.45. The van der Waals surface area contributed by atoms with E-state index in [9.17, 15) is 4.79 Å². The first-order chi connectivity index (χ1) is 11.1. The number of carbonyl (C=O) groups is 1. The van der Waals surface area contributed by atoms with Gasteiger partial charge in [0.1, 0.15) is 6.61 Å². The Balaban J connectivity index is 1.79. The van der Waals surface area contributed by atoms with Gasteiger partial charge in [-0.1, -0.05) is 24.3 Å². The van der Waals surface area contributed by atoms with Gasteiger partial charge in [0.2, 0.25) is 5.91 Å². The van der Waals surface area contributed by atoms with Crippen molar-refractivity contribution in [3.8, 4) is 0 Å². The van der Waals surface area contributed by atoms with E-state index in [1.54, 1.807) is 7.11 Å². The molecule has 1 fully saturated rings. The molecule has 0 radical (unpaired) electrons. The van der Waals surface area contributed by atoms with E-state index in [1.807, 2.05) is 11.9 Å². The maximum Gasteiger partial charge on any atom is 0.248 e. The molecular formula is C19H30N2O2. The second-order valence-corrected chi connectivity index (χ2v) is 6.69. The molecule has 0 N–H and O–H groups in total. The molecule has 0 saturated carbocycles. The van der Waals surface area contributed by atoms with Crippen LogP contribution >= 0.6 is 0 Å². The fourth-order valence-corrected chi connectivity index (χ4v) is 3.40. The molecule has 1 aromatic rings. The van der Waals surface area contributed by atoms with E-state index in [4.69, 9.17) is 4.74 Å². The molecule has 128 valence electrons. The van der Waals surface area contributed by atoms with Crippen molar-refractivity contribution in [1.82, 2.24) is 9.80 Å². The smallest absolute Gasteiger partial charge is 0.248 e. The molecule has 0 spiro atoms. The lowest BCUT2D eigenvalue weighted by atomic mass is 9.96. The molecule has 1 atom stereocenters. The largest absolute Gasteiger partial charge is 0.375 e. The highest BCUT2D eigenvalue weighted by atomic mass is 16.5. The molecular weight excluding hydrogens is 288 g/mol. The molecule has 4 nitrogen and oxygen atoms in total. The third-order valence-electron chi connectivity index (χ3n) is 4.79. The van der Waals surface area contributed by atoms with Gasteiger partial charge >= 0.3 is 0 Å². The SMILES string of the molecule is COCC(=O)N(C)C[C@H]1CCCN(CCc2ccccc2C)C1. The molecule has 0 bridgehead atoms. The van der Waals surface area contributed by atoms with Crippen LogP contribution in [0.15, 0.2) is 24.3 Å². The molecule has 2 rings (SSSR count). The normalized spacial score (nSPS) is 18.8. The summed E-state index contributed by atoms with van der Waals surface area (Å²) >= 11 is 0. The number of benzene rings is 1. The molecule has 23 heavy (non-hydrogen) atoms. The topological polar surface area (TPSA) is 32.8 Å². The Kier molecular flexibility index (Phi) is 7.06. The highest BCUT2D eigenvalue weighted by Crippen LogP contribution is 2.18. The first-order valence-electron chi connectivity index (χ1n) is 8.60. The van der Waals surface area contributed by atoms with Gasteiger partial charge in [-0.05, 0) is 49.8 Å². The molecule has 1 amide bonds. The number of aryl methyl sites for hydroxylation is 1. The molecule has 0 aromatic heterocycles. The molecule has 1 aliphatic heterocycles. The first kappa shape index (κ1) is 18.0. The average Bonchev–Trinajstić information content (AvgIpc) is 2.54. The number of likely N-dealkylation sites (tertiary alicyclic amines) is 1. The van der Waals surface area contributed by atoms with Crippen molar-refractivity contribution < 1.29 is 9.53 Å². The fourth-order valence-electron chi connectivity index (χ4n) is 3.40. The standard InChI is InChI=1S/C19H30N2O2/c1-16-7-4-5-9-18(16)10-12-21-11-6-8-17(14-21)13-20(2)19(22)15-23-3/h4-5,7,9,17H,6,8,10-15H2,1-3H3/t17-/m1/s1. The van der Waals surface area contributed by atoms with Crippen molar-refractivity contribution in [3.05, 3.63) is 35.4 Å². The summed E-state index contributed by atoms with van der Waals surface area (Å²) in [6.07, 6.45) is 3.55. The monoisotopic (exact) mass is 318 g/mol. The van der Waals surface area contributed by atoms with Crippen LogP contribution in [0.1, 0.15) is 24.0 Å². The van der Waals surface area contributed by atoms with E-state index in [1.165, 1.54) is 30.5 Å². The van der Waals surface area contributed by atoms with Crippen molar-refractivity contribution in [2.75, 3.05) is 46.9 Å². The maximum atomic E-state index is 11.8. The van der Waals surface area contributed by atoms with Crippen LogP contribution in [0.3, 0.4) is 0 Å². The number of amides is 1. The minimum absolute atomic E-state index is 0.0736. The number of hydrogen-bond donors (Lipinski definition) is 0. The van der Waals surface area contributed by atoms with E-state index in [-0.39, 0.29) is 12.5 Å². The molecule has 0 aliphatic carbocycles. The summed E-state index contributed by atoms with van der Waals surface area (Å²) in [6.45, 7) is 6.58. The van der Waals surface area contributed by atoms with Crippen LogP contribution in [0.4, 0.5) is 0 Å². The maximum absolute atomic E-state index is 11.8. The lowest BCUT2D eigenvalue weighted by Crippen LogP contribution is -2.43. The summed E-state index contributed by atoms with van der Waals surface area (Å²) in [5.74, 6) is 0.649. The Morgan fingerprint density at radius 3 is 2.91 bits per heavy atom.